The SMILES string of the molecule is CC1(C)C=Cc2ccc(B3OC(C)(C)C(C)(C)O3)cc2N1. The molecule has 4 heteroatoms. The van der Waals surface area contributed by atoms with Gasteiger partial charge >= 0.3 is 7.12 Å². The van der Waals surface area contributed by atoms with E-state index < -0.39 is 0 Å². The Hall–Kier alpha value is -1.26. The van der Waals surface area contributed by atoms with E-state index in [1.165, 1.54) is 5.56 Å². The molecular formula is C17H24BNO2. The van der Waals surface area contributed by atoms with E-state index in [4.69, 9.17) is 9.31 Å². The Balaban J connectivity index is 1.91. The number of hydrogen-bond acceptors (Lipinski definition) is 3. The Morgan fingerprint density at radius 1 is 0.952 bits per heavy atom. The lowest BCUT2D eigenvalue weighted by Gasteiger charge is -2.32. The van der Waals surface area contributed by atoms with Crippen molar-refractivity contribution in [3.8, 4) is 0 Å². The highest BCUT2D eigenvalue weighted by Crippen LogP contribution is 2.37. The molecule has 2 aliphatic heterocycles. The normalized spacial score (nSPS) is 24.6. The molecule has 21 heavy (non-hydrogen) atoms. The van der Waals surface area contributed by atoms with Gasteiger partial charge < -0.3 is 14.6 Å². The van der Waals surface area contributed by atoms with Crippen molar-refractivity contribution in [2.75, 3.05) is 5.32 Å². The minimum Gasteiger partial charge on any atom is -0.399 e. The number of benzene rings is 1. The molecule has 0 radical (unpaired) electrons. The van der Waals surface area contributed by atoms with Crippen LogP contribution in [0, 0.1) is 0 Å². The Morgan fingerprint density at radius 2 is 1.57 bits per heavy atom. The van der Waals surface area contributed by atoms with E-state index in [0.717, 1.165) is 11.2 Å². The molecule has 0 amide bonds. The molecule has 112 valence electrons. The number of rotatable bonds is 1. The maximum atomic E-state index is 6.13. The van der Waals surface area contributed by atoms with Gasteiger partial charge in [0.2, 0.25) is 0 Å². The van der Waals surface area contributed by atoms with Crippen molar-refractivity contribution in [2.45, 2.75) is 58.3 Å². The lowest BCUT2D eigenvalue weighted by Crippen LogP contribution is -2.41. The molecule has 0 aliphatic carbocycles. The molecule has 1 N–H and O–H groups in total. The van der Waals surface area contributed by atoms with Crippen LogP contribution in [0.1, 0.15) is 47.1 Å². The van der Waals surface area contributed by atoms with Gasteiger partial charge in [0.25, 0.3) is 0 Å². The van der Waals surface area contributed by atoms with Gasteiger partial charge in [-0.2, -0.15) is 0 Å². The molecule has 0 atom stereocenters. The van der Waals surface area contributed by atoms with Crippen LogP contribution in [-0.4, -0.2) is 23.9 Å². The Kier molecular flexibility index (Phi) is 3.05. The Bertz CT molecular complexity index is 589. The summed E-state index contributed by atoms with van der Waals surface area (Å²) in [4.78, 5) is 0. The largest absolute Gasteiger partial charge is 0.494 e. The first kappa shape index (κ1) is 14.7. The van der Waals surface area contributed by atoms with E-state index in [1.54, 1.807) is 0 Å². The molecule has 0 spiro atoms. The second kappa shape index (κ2) is 4.37. The van der Waals surface area contributed by atoms with Crippen molar-refractivity contribution < 1.29 is 9.31 Å². The summed E-state index contributed by atoms with van der Waals surface area (Å²) in [5.74, 6) is 0. The smallest absolute Gasteiger partial charge is 0.399 e. The van der Waals surface area contributed by atoms with Gasteiger partial charge in [-0.25, -0.2) is 0 Å². The van der Waals surface area contributed by atoms with Crippen molar-refractivity contribution in [2.24, 2.45) is 0 Å². The number of hydrogen-bond donors (Lipinski definition) is 1. The van der Waals surface area contributed by atoms with Crippen molar-refractivity contribution in [3.05, 3.63) is 29.8 Å². The van der Waals surface area contributed by atoms with E-state index in [-0.39, 0.29) is 23.9 Å². The molecule has 1 saturated heterocycles. The molecule has 0 aromatic heterocycles. The molecular weight excluding hydrogens is 261 g/mol. The summed E-state index contributed by atoms with van der Waals surface area (Å²) in [6.07, 6.45) is 4.35. The van der Waals surface area contributed by atoms with E-state index in [9.17, 15) is 0 Å². The number of anilines is 1. The van der Waals surface area contributed by atoms with E-state index in [2.05, 4.69) is 77.2 Å². The maximum Gasteiger partial charge on any atom is 0.494 e. The molecule has 1 fully saturated rings. The van der Waals surface area contributed by atoms with Gasteiger partial charge in [0.05, 0.1) is 16.7 Å². The third-order valence-corrected chi connectivity index (χ3v) is 4.74. The molecule has 2 aliphatic rings. The van der Waals surface area contributed by atoms with Gasteiger partial charge in [-0.05, 0) is 58.6 Å². The summed E-state index contributed by atoms with van der Waals surface area (Å²) in [6, 6.07) is 6.35. The minimum absolute atomic E-state index is 0.0262. The topological polar surface area (TPSA) is 30.5 Å². The molecule has 1 aromatic rings. The fourth-order valence-corrected chi connectivity index (χ4v) is 2.64. The Labute approximate surface area is 127 Å². The van der Waals surface area contributed by atoms with Crippen LogP contribution < -0.4 is 10.8 Å². The molecule has 1 aromatic carbocycles. The third-order valence-electron chi connectivity index (χ3n) is 4.74. The van der Waals surface area contributed by atoms with E-state index in [1.807, 2.05) is 0 Å². The summed E-state index contributed by atoms with van der Waals surface area (Å²) >= 11 is 0. The molecule has 0 bridgehead atoms. The fourth-order valence-electron chi connectivity index (χ4n) is 2.64. The van der Waals surface area contributed by atoms with Gasteiger partial charge in [-0.15, -0.1) is 0 Å². The zero-order valence-electron chi connectivity index (χ0n) is 13.8. The minimum atomic E-state index is -0.309. The second-order valence-corrected chi connectivity index (χ2v) is 7.61. The van der Waals surface area contributed by atoms with Gasteiger partial charge in [0.1, 0.15) is 0 Å². The second-order valence-electron chi connectivity index (χ2n) is 7.61. The summed E-state index contributed by atoms with van der Waals surface area (Å²) in [5.41, 5.74) is 2.76. The van der Waals surface area contributed by atoms with Crippen LogP contribution in [0.5, 0.6) is 0 Å². The van der Waals surface area contributed by atoms with Crippen molar-refractivity contribution in [1.29, 1.82) is 0 Å². The van der Waals surface area contributed by atoms with Gasteiger partial charge in [-0.3, -0.25) is 0 Å². The predicted octanol–water partition coefficient (Wildman–Crippen LogP) is 3.20. The molecule has 3 rings (SSSR count). The average Bonchev–Trinajstić information content (AvgIpc) is 2.56. The van der Waals surface area contributed by atoms with Crippen LogP contribution in [0.25, 0.3) is 6.08 Å². The van der Waals surface area contributed by atoms with Crippen molar-refractivity contribution in [1.82, 2.24) is 0 Å². The van der Waals surface area contributed by atoms with Crippen LogP contribution in [0.15, 0.2) is 24.3 Å². The zero-order valence-corrected chi connectivity index (χ0v) is 13.8. The van der Waals surface area contributed by atoms with Crippen molar-refractivity contribution in [3.63, 3.8) is 0 Å². The van der Waals surface area contributed by atoms with Gasteiger partial charge in [-0.1, -0.05) is 24.3 Å². The molecule has 0 unspecified atom stereocenters. The fraction of sp³-hybridized carbons (Fsp3) is 0.529. The van der Waals surface area contributed by atoms with E-state index >= 15 is 0 Å². The maximum absolute atomic E-state index is 6.13. The highest BCUT2D eigenvalue weighted by Gasteiger charge is 2.51. The highest BCUT2D eigenvalue weighted by atomic mass is 16.7. The van der Waals surface area contributed by atoms with Crippen molar-refractivity contribution >= 4 is 24.3 Å². The van der Waals surface area contributed by atoms with E-state index in [0.29, 0.717) is 0 Å². The molecule has 0 saturated carbocycles. The average molecular weight is 285 g/mol. The Morgan fingerprint density at radius 3 is 2.19 bits per heavy atom. The highest BCUT2D eigenvalue weighted by molar-refractivity contribution is 6.62. The first-order valence-corrected chi connectivity index (χ1v) is 7.57. The summed E-state index contributed by atoms with van der Waals surface area (Å²) in [7, 11) is -0.309. The lowest BCUT2D eigenvalue weighted by atomic mass is 9.78. The summed E-state index contributed by atoms with van der Waals surface area (Å²) in [6.45, 7) is 12.6. The van der Waals surface area contributed by atoms with Crippen LogP contribution in [0.2, 0.25) is 0 Å². The van der Waals surface area contributed by atoms with Crippen LogP contribution in [0.3, 0.4) is 0 Å². The van der Waals surface area contributed by atoms with Gasteiger partial charge in [0, 0.05) is 5.69 Å². The van der Waals surface area contributed by atoms with Crippen LogP contribution >= 0.6 is 0 Å². The third kappa shape index (κ3) is 2.51. The first-order chi connectivity index (χ1) is 9.60. The molecule has 3 nitrogen and oxygen atoms in total. The number of fused-ring (bicyclic) bond motifs is 1. The van der Waals surface area contributed by atoms with Crippen LogP contribution in [0.4, 0.5) is 5.69 Å². The number of nitrogens with one attached hydrogen (secondary N) is 1. The predicted molar refractivity (Wildman–Crippen MR) is 88.9 cm³/mol. The zero-order chi connectivity index (χ0) is 15.5. The van der Waals surface area contributed by atoms with Gasteiger partial charge in [0.15, 0.2) is 0 Å². The standard InChI is InChI=1S/C17H24BNO2/c1-15(2)10-9-12-7-8-13(11-14(12)19-15)18-20-16(3,4)17(5,6)21-18/h7-11,19H,1-6H3. The lowest BCUT2D eigenvalue weighted by molar-refractivity contribution is 0.00578. The monoisotopic (exact) mass is 285 g/mol. The molecule has 2 heterocycles. The quantitative estimate of drug-likeness (QED) is 0.804. The summed E-state index contributed by atoms with van der Waals surface area (Å²) < 4.78 is 12.3. The van der Waals surface area contributed by atoms with Crippen LogP contribution in [-0.2, 0) is 9.31 Å². The first-order valence-electron chi connectivity index (χ1n) is 7.57. The summed E-state index contributed by atoms with van der Waals surface area (Å²) in [5, 5.41) is 3.54.